The lowest BCUT2D eigenvalue weighted by molar-refractivity contribution is -0.115. The van der Waals surface area contributed by atoms with Crippen LogP contribution in [0.4, 0.5) is 15.8 Å². The van der Waals surface area contributed by atoms with Crippen LogP contribution in [-0.4, -0.2) is 17.6 Å². The molecule has 4 nitrogen and oxygen atoms in total. The van der Waals surface area contributed by atoms with Gasteiger partial charge >= 0.3 is 0 Å². The van der Waals surface area contributed by atoms with Crippen LogP contribution in [0.15, 0.2) is 72.8 Å². The van der Waals surface area contributed by atoms with Crippen molar-refractivity contribution in [2.24, 2.45) is 0 Å². The molecule has 7 heteroatoms. The standard InChI is InChI=1S/C22H16ClFN2O2S/c23-19-7-2-1-6-18(19)21(28)25-16-10-8-14(9-11-16)22-26(20(27)13-29-22)17-5-3-4-15(24)12-17/h1-12,22H,13H2,(H,25,28). The normalized spacial score (nSPS) is 16.1. The van der Waals surface area contributed by atoms with E-state index in [4.69, 9.17) is 11.6 Å². The van der Waals surface area contributed by atoms with Gasteiger partial charge in [-0.05, 0) is 48.0 Å². The lowest BCUT2D eigenvalue weighted by Gasteiger charge is -2.24. The number of carbonyl (C=O) groups excluding carboxylic acids is 2. The van der Waals surface area contributed by atoms with Crippen molar-refractivity contribution in [1.82, 2.24) is 0 Å². The average molecular weight is 427 g/mol. The van der Waals surface area contributed by atoms with E-state index in [-0.39, 0.29) is 23.0 Å². The van der Waals surface area contributed by atoms with Crippen LogP contribution in [0.25, 0.3) is 0 Å². The first-order valence-electron chi connectivity index (χ1n) is 8.88. The summed E-state index contributed by atoms with van der Waals surface area (Å²) in [4.78, 5) is 26.4. The van der Waals surface area contributed by atoms with E-state index in [0.29, 0.717) is 27.7 Å². The summed E-state index contributed by atoms with van der Waals surface area (Å²) < 4.78 is 13.6. The fourth-order valence-corrected chi connectivity index (χ4v) is 4.55. The number of halogens is 2. The van der Waals surface area contributed by atoms with E-state index in [1.54, 1.807) is 53.4 Å². The fourth-order valence-electron chi connectivity index (χ4n) is 3.15. The first kappa shape index (κ1) is 19.5. The van der Waals surface area contributed by atoms with E-state index in [9.17, 15) is 14.0 Å². The lowest BCUT2D eigenvalue weighted by Crippen LogP contribution is -2.27. The Hall–Kier alpha value is -2.83. The maximum atomic E-state index is 13.6. The molecule has 1 aliphatic heterocycles. The molecule has 1 atom stereocenters. The second kappa shape index (κ2) is 8.27. The molecule has 1 unspecified atom stereocenters. The minimum absolute atomic E-state index is 0.0679. The van der Waals surface area contributed by atoms with Crippen molar-refractivity contribution >= 4 is 46.6 Å². The van der Waals surface area contributed by atoms with Crippen LogP contribution in [0.3, 0.4) is 0 Å². The van der Waals surface area contributed by atoms with Gasteiger partial charge in [-0.3, -0.25) is 14.5 Å². The summed E-state index contributed by atoms with van der Waals surface area (Å²) in [7, 11) is 0. The zero-order valence-electron chi connectivity index (χ0n) is 15.1. The number of benzene rings is 3. The number of nitrogens with zero attached hydrogens (tertiary/aromatic N) is 1. The molecule has 29 heavy (non-hydrogen) atoms. The second-order valence-corrected chi connectivity index (χ2v) is 7.94. The largest absolute Gasteiger partial charge is 0.322 e. The van der Waals surface area contributed by atoms with Crippen molar-refractivity contribution < 1.29 is 14.0 Å². The molecule has 1 heterocycles. The molecule has 0 bridgehead atoms. The minimum atomic E-state index is -0.386. The van der Waals surface area contributed by atoms with Crippen molar-refractivity contribution in [3.8, 4) is 0 Å². The van der Waals surface area contributed by atoms with Gasteiger partial charge in [0.2, 0.25) is 5.91 Å². The lowest BCUT2D eigenvalue weighted by atomic mass is 10.1. The summed E-state index contributed by atoms with van der Waals surface area (Å²) in [6.07, 6.45) is 0. The van der Waals surface area contributed by atoms with Gasteiger partial charge in [0.05, 0.1) is 16.3 Å². The van der Waals surface area contributed by atoms with Crippen LogP contribution in [0.5, 0.6) is 0 Å². The molecule has 3 aromatic rings. The summed E-state index contributed by atoms with van der Waals surface area (Å²) in [5.41, 5.74) is 2.43. The summed E-state index contributed by atoms with van der Waals surface area (Å²) in [6.45, 7) is 0. The Morgan fingerprint density at radius 2 is 1.83 bits per heavy atom. The minimum Gasteiger partial charge on any atom is -0.322 e. The number of anilines is 2. The Morgan fingerprint density at radius 3 is 2.55 bits per heavy atom. The van der Waals surface area contributed by atoms with Gasteiger partial charge < -0.3 is 5.32 Å². The molecular formula is C22H16ClFN2O2S. The number of amides is 2. The fraction of sp³-hybridized carbons (Fsp3) is 0.0909. The Morgan fingerprint density at radius 1 is 1.07 bits per heavy atom. The zero-order valence-corrected chi connectivity index (χ0v) is 16.7. The Bertz CT molecular complexity index is 1070. The quantitative estimate of drug-likeness (QED) is 0.598. The van der Waals surface area contributed by atoms with Crippen LogP contribution in [-0.2, 0) is 4.79 Å². The molecule has 2 amide bonds. The molecule has 146 valence electrons. The van der Waals surface area contributed by atoms with Gasteiger partial charge in [-0.2, -0.15) is 0 Å². The van der Waals surface area contributed by atoms with Crippen LogP contribution < -0.4 is 10.2 Å². The van der Waals surface area contributed by atoms with Crippen molar-refractivity contribution in [3.63, 3.8) is 0 Å². The molecular weight excluding hydrogens is 411 g/mol. The van der Waals surface area contributed by atoms with E-state index in [2.05, 4.69) is 5.32 Å². The third kappa shape index (κ3) is 4.13. The predicted molar refractivity (Wildman–Crippen MR) is 115 cm³/mol. The highest BCUT2D eigenvalue weighted by Gasteiger charge is 2.34. The molecule has 0 aliphatic carbocycles. The van der Waals surface area contributed by atoms with Gasteiger partial charge in [-0.1, -0.05) is 41.9 Å². The molecule has 1 saturated heterocycles. The van der Waals surface area contributed by atoms with E-state index < -0.39 is 0 Å². The predicted octanol–water partition coefficient (Wildman–Crippen LogP) is 5.51. The highest BCUT2D eigenvalue weighted by molar-refractivity contribution is 8.00. The highest BCUT2D eigenvalue weighted by atomic mass is 35.5. The van der Waals surface area contributed by atoms with Crippen LogP contribution in [0.1, 0.15) is 21.3 Å². The molecule has 4 rings (SSSR count). The Balaban J connectivity index is 1.53. The Labute approximate surface area is 176 Å². The van der Waals surface area contributed by atoms with Crippen molar-refractivity contribution in [2.75, 3.05) is 16.0 Å². The van der Waals surface area contributed by atoms with Gasteiger partial charge in [0.15, 0.2) is 0 Å². The molecule has 0 aromatic heterocycles. The zero-order chi connectivity index (χ0) is 20.4. The average Bonchev–Trinajstić information content (AvgIpc) is 3.10. The van der Waals surface area contributed by atoms with Crippen LogP contribution >= 0.6 is 23.4 Å². The number of thioether (sulfide) groups is 1. The summed E-state index contributed by atoms with van der Waals surface area (Å²) >= 11 is 7.55. The van der Waals surface area contributed by atoms with E-state index in [1.165, 1.54) is 23.9 Å². The third-order valence-electron chi connectivity index (χ3n) is 4.53. The van der Waals surface area contributed by atoms with Crippen LogP contribution in [0, 0.1) is 5.82 Å². The van der Waals surface area contributed by atoms with Gasteiger partial charge in [0.25, 0.3) is 5.91 Å². The molecule has 1 fully saturated rings. The van der Waals surface area contributed by atoms with Gasteiger partial charge in [0, 0.05) is 11.4 Å². The number of hydrogen-bond donors (Lipinski definition) is 1. The van der Waals surface area contributed by atoms with Gasteiger partial charge in [-0.25, -0.2) is 4.39 Å². The second-order valence-electron chi connectivity index (χ2n) is 6.46. The maximum Gasteiger partial charge on any atom is 0.257 e. The third-order valence-corrected chi connectivity index (χ3v) is 6.07. The van der Waals surface area contributed by atoms with E-state index in [1.807, 2.05) is 12.1 Å². The van der Waals surface area contributed by atoms with Crippen LogP contribution in [0.2, 0.25) is 5.02 Å². The molecule has 1 N–H and O–H groups in total. The molecule has 0 spiro atoms. The number of hydrogen-bond acceptors (Lipinski definition) is 3. The van der Waals surface area contributed by atoms with Crippen molar-refractivity contribution in [2.45, 2.75) is 5.37 Å². The summed E-state index contributed by atoms with van der Waals surface area (Å²) in [5.74, 6) is -0.424. The smallest absolute Gasteiger partial charge is 0.257 e. The van der Waals surface area contributed by atoms with E-state index >= 15 is 0 Å². The Kier molecular flexibility index (Phi) is 5.56. The topological polar surface area (TPSA) is 49.4 Å². The van der Waals surface area contributed by atoms with Gasteiger partial charge in [0.1, 0.15) is 11.2 Å². The maximum absolute atomic E-state index is 13.6. The molecule has 0 radical (unpaired) electrons. The number of rotatable bonds is 4. The van der Waals surface area contributed by atoms with Crippen molar-refractivity contribution in [3.05, 3.63) is 94.8 Å². The van der Waals surface area contributed by atoms with Crippen molar-refractivity contribution in [1.29, 1.82) is 0 Å². The first-order chi connectivity index (χ1) is 14.0. The van der Waals surface area contributed by atoms with Gasteiger partial charge in [-0.15, -0.1) is 11.8 Å². The highest BCUT2D eigenvalue weighted by Crippen LogP contribution is 2.42. The monoisotopic (exact) mass is 426 g/mol. The SMILES string of the molecule is O=C(Nc1ccc(C2SCC(=O)N2c2cccc(F)c2)cc1)c1ccccc1Cl. The molecule has 0 saturated carbocycles. The number of nitrogens with one attached hydrogen (secondary N) is 1. The number of carbonyl (C=O) groups is 2. The van der Waals surface area contributed by atoms with E-state index in [0.717, 1.165) is 5.56 Å². The summed E-state index contributed by atoms with van der Waals surface area (Å²) in [6, 6.07) is 20.1. The summed E-state index contributed by atoms with van der Waals surface area (Å²) in [5, 5.41) is 2.95. The molecule has 1 aliphatic rings. The first-order valence-corrected chi connectivity index (χ1v) is 10.3. The molecule has 3 aromatic carbocycles.